The molecule has 2 rings (SSSR count). The van der Waals surface area contributed by atoms with Gasteiger partial charge < -0.3 is 4.90 Å². The number of aromatic nitrogens is 2. The first kappa shape index (κ1) is 15.9. The van der Waals surface area contributed by atoms with Crippen LogP contribution in [0.1, 0.15) is 58.3 Å². The van der Waals surface area contributed by atoms with Gasteiger partial charge in [-0.05, 0) is 31.2 Å². The van der Waals surface area contributed by atoms with Crippen molar-refractivity contribution < 1.29 is 4.79 Å². The highest BCUT2D eigenvalue weighted by Gasteiger charge is 2.23. The number of likely N-dealkylation sites (tertiary alicyclic amines) is 1. The van der Waals surface area contributed by atoms with Gasteiger partial charge in [-0.25, -0.2) is 9.97 Å². The third-order valence-corrected chi connectivity index (χ3v) is 4.26. The van der Waals surface area contributed by atoms with E-state index in [4.69, 9.17) is 0 Å². The van der Waals surface area contributed by atoms with Crippen LogP contribution in [0.2, 0.25) is 0 Å². The summed E-state index contributed by atoms with van der Waals surface area (Å²) in [5, 5.41) is 0. The number of nitrogens with zero attached hydrogens (tertiary/aromatic N) is 3. The van der Waals surface area contributed by atoms with Crippen LogP contribution in [0, 0.1) is 5.92 Å². The highest BCUT2D eigenvalue weighted by Crippen LogP contribution is 2.24. The maximum absolute atomic E-state index is 11.7. The van der Waals surface area contributed by atoms with E-state index in [1.165, 1.54) is 0 Å². The first-order valence-electron chi connectivity index (χ1n) is 7.99. The largest absolute Gasteiger partial charge is 0.343 e. The quantitative estimate of drug-likeness (QED) is 0.859. The van der Waals surface area contributed by atoms with Crippen molar-refractivity contribution in [2.24, 2.45) is 5.92 Å². The first-order chi connectivity index (χ1) is 9.90. The van der Waals surface area contributed by atoms with E-state index in [2.05, 4.69) is 36.8 Å². The van der Waals surface area contributed by atoms with Crippen LogP contribution in [0.3, 0.4) is 0 Å². The monoisotopic (exact) mass is 289 g/mol. The predicted octanol–water partition coefficient (Wildman–Crippen LogP) is 2.97. The number of hydrogen-bond acceptors (Lipinski definition) is 3. The molecular weight excluding hydrogens is 262 g/mol. The molecule has 0 spiro atoms. The number of rotatable bonds is 3. The van der Waals surface area contributed by atoms with Gasteiger partial charge in [0.25, 0.3) is 0 Å². The minimum absolute atomic E-state index is 0.0641. The molecule has 2 heterocycles. The van der Waals surface area contributed by atoms with Gasteiger partial charge in [0.05, 0.1) is 0 Å². The van der Waals surface area contributed by atoms with Gasteiger partial charge >= 0.3 is 0 Å². The van der Waals surface area contributed by atoms with E-state index in [-0.39, 0.29) is 11.3 Å². The summed E-state index contributed by atoms with van der Waals surface area (Å²) in [5.74, 6) is 0.916. The summed E-state index contributed by atoms with van der Waals surface area (Å²) in [4.78, 5) is 22.5. The van der Waals surface area contributed by atoms with Crippen molar-refractivity contribution >= 4 is 5.91 Å². The number of hydrogen-bond donors (Lipinski definition) is 0. The minimum Gasteiger partial charge on any atom is -0.343 e. The summed E-state index contributed by atoms with van der Waals surface area (Å²) in [6, 6.07) is 2.14. The molecule has 0 aromatic carbocycles. The van der Waals surface area contributed by atoms with Crippen LogP contribution < -0.4 is 0 Å². The molecule has 21 heavy (non-hydrogen) atoms. The van der Waals surface area contributed by atoms with Crippen LogP contribution in [0.5, 0.6) is 0 Å². The lowest BCUT2D eigenvalue weighted by Crippen LogP contribution is -2.38. The number of carbonyl (C=O) groups excluding carboxylic acids is 1. The van der Waals surface area contributed by atoms with Crippen molar-refractivity contribution in [1.82, 2.24) is 14.9 Å². The van der Waals surface area contributed by atoms with Crippen LogP contribution in [0.15, 0.2) is 12.4 Å². The molecule has 1 saturated heterocycles. The molecule has 0 aliphatic carbocycles. The molecule has 0 saturated carbocycles. The fourth-order valence-corrected chi connectivity index (χ4v) is 2.83. The molecule has 4 nitrogen and oxygen atoms in total. The van der Waals surface area contributed by atoms with Crippen LogP contribution >= 0.6 is 0 Å². The molecule has 1 amide bonds. The van der Waals surface area contributed by atoms with Gasteiger partial charge in [-0.15, -0.1) is 0 Å². The summed E-state index contributed by atoms with van der Waals surface area (Å²) in [7, 11) is 0. The Kier molecular flexibility index (Phi) is 4.96. The van der Waals surface area contributed by atoms with Crippen LogP contribution in [0.4, 0.5) is 0 Å². The van der Waals surface area contributed by atoms with Crippen molar-refractivity contribution in [3.8, 4) is 0 Å². The maximum atomic E-state index is 11.7. The Balaban J connectivity index is 1.93. The Morgan fingerprint density at radius 2 is 1.95 bits per heavy atom. The number of carbonyl (C=O) groups is 1. The molecular formula is C17H27N3O. The first-order valence-corrected chi connectivity index (χ1v) is 7.99. The van der Waals surface area contributed by atoms with Gasteiger partial charge in [0.15, 0.2) is 0 Å². The summed E-state index contributed by atoms with van der Waals surface area (Å²) in [5.41, 5.74) is 2.30. The number of amides is 1. The maximum Gasteiger partial charge on any atom is 0.222 e. The van der Waals surface area contributed by atoms with Gasteiger partial charge in [-0.2, -0.15) is 0 Å². The van der Waals surface area contributed by atoms with Crippen LogP contribution in [-0.2, 0) is 16.6 Å². The third kappa shape index (κ3) is 4.26. The third-order valence-electron chi connectivity index (χ3n) is 4.26. The molecule has 4 heteroatoms. The minimum atomic E-state index is 0.0641. The Morgan fingerprint density at radius 3 is 2.52 bits per heavy atom. The molecule has 0 unspecified atom stereocenters. The molecule has 0 bridgehead atoms. The summed E-state index contributed by atoms with van der Waals surface area (Å²) < 4.78 is 0. The highest BCUT2D eigenvalue weighted by atomic mass is 16.2. The average Bonchev–Trinajstić information content (AvgIpc) is 2.47. The van der Waals surface area contributed by atoms with E-state index < -0.39 is 0 Å². The Labute approximate surface area is 128 Å². The summed E-state index contributed by atoms with van der Waals surface area (Å²) >= 11 is 0. The zero-order valence-corrected chi connectivity index (χ0v) is 13.7. The lowest BCUT2D eigenvalue weighted by atomic mass is 9.89. The zero-order valence-electron chi connectivity index (χ0n) is 13.7. The van der Waals surface area contributed by atoms with Gasteiger partial charge in [-0.3, -0.25) is 4.79 Å². The standard InChI is InChI=1S/C17H27N3O/c1-5-16(21)20-8-6-13(7-9-20)10-14-11-15(17(2,3)4)19-12-18-14/h11-13H,5-10H2,1-4H3. The second-order valence-corrected chi connectivity index (χ2v) is 7.03. The van der Waals surface area contributed by atoms with Crippen molar-refractivity contribution in [2.45, 2.75) is 58.8 Å². The van der Waals surface area contributed by atoms with Crippen LogP contribution in [-0.4, -0.2) is 33.9 Å². The van der Waals surface area contributed by atoms with E-state index >= 15 is 0 Å². The molecule has 1 aromatic rings. The SMILES string of the molecule is CCC(=O)N1CCC(Cc2cc(C(C)(C)C)ncn2)CC1. The van der Waals surface area contributed by atoms with Gasteiger partial charge in [-0.1, -0.05) is 27.7 Å². The molecule has 0 atom stereocenters. The van der Waals surface area contributed by atoms with E-state index in [9.17, 15) is 4.79 Å². The summed E-state index contributed by atoms with van der Waals surface area (Å²) in [6.45, 7) is 10.3. The summed E-state index contributed by atoms with van der Waals surface area (Å²) in [6.07, 6.45) is 5.47. The van der Waals surface area contributed by atoms with E-state index in [0.717, 1.165) is 43.7 Å². The molecule has 1 aromatic heterocycles. The van der Waals surface area contributed by atoms with E-state index in [1.807, 2.05) is 11.8 Å². The molecule has 1 aliphatic rings. The fraction of sp³-hybridized carbons (Fsp3) is 0.706. The second-order valence-electron chi connectivity index (χ2n) is 7.03. The molecule has 0 N–H and O–H groups in total. The van der Waals surface area contributed by atoms with E-state index in [0.29, 0.717) is 12.3 Å². The smallest absolute Gasteiger partial charge is 0.222 e. The topological polar surface area (TPSA) is 46.1 Å². The number of piperidine rings is 1. The Hall–Kier alpha value is -1.45. The fourth-order valence-electron chi connectivity index (χ4n) is 2.83. The van der Waals surface area contributed by atoms with E-state index in [1.54, 1.807) is 6.33 Å². The lowest BCUT2D eigenvalue weighted by molar-refractivity contribution is -0.132. The van der Waals surface area contributed by atoms with Gasteiger partial charge in [0.2, 0.25) is 5.91 Å². The van der Waals surface area contributed by atoms with Crippen molar-refractivity contribution in [3.63, 3.8) is 0 Å². The van der Waals surface area contributed by atoms with Gasteiger partial charge in [0.1, 0.15) is 6.33 Å². The highest BCUT2D eigenvalue weighted by molar-refractivity contribution is 5.75. The lowest BCUT2D eigenvalue weighted by Gasteiger charge is -2.31. The Bertz CT molecular complexity index is 485. The second kappa shape index (κ2) is 6.54. The predicted molar refractivity (Wildman–Crippen MR) is 84.0 cm³/mol. The normalized spacial score (nSPS) is 17.0. The molecule has 116 valence electrons. The van der Waals surface area contributed by atoms with Crippen LogP contribution in [0.25, 0.3) is 0 Å². The van der Waals surface area contributed by atoms with Crippen molar-refractivity contribution in [2.75, 3.05) is 13.1 Å². The Morgan fingerprint density at radius 1 is 1.29 bits per heavy atom. The zero-order chi connectivity index (χ0) is 15.5. The molecule has 1 aliphatic heterocycles. The van der Waals surface area contributed by atoms with Crippen molar-refractivity contribution in [1.29, 1.82) is 0 Å². The molecule has 0 radical (unpaired) electrons. The molecule has 1 fully saturated rings. The van der Waals surface area contributed by atoms with Gasteiger partial charge in [0, 0.05) is 36.3 Å². The van der Waals surface area contributed by atoms with Crippen molar-refractivity contribution in [3.05, 3.63) is 23.8 Å². The average molecular weight is 289 g/mol.